The largest absolute Gasteiger partial charge is 0.368 e. The lowest BCUT2D eigenvalue weighted by Crippen LogP contribution is -2.28. The van der Waals surface area contributed by atoms with Crippen LogP contribution in [-0.2, 0) is 5.41 Å². The molecular formula is C16H19BrN2. The Kier molecular flexibility index (Phi) is 4.25. The van der Waals surface area contributed by atoms with E-state index in [1.54, 1.807) is 0 Å². The Labute approximate surface area is 123 Å². The van der Waals surface area contributed by atoms with Gasteiger partial charge in [-0.1, -0.05) is 44.2 Å². The van der Waals surface area contributed by atoms with Gasteiger partial charge in [-0.15, -0.1) is 0 Å². The van der Waals surface area contributed by atoms with Gasteiger partial charge in [0.1, 0.15) is 5.82 Å². The molecule has 1 heterocycles. The van der Waals surface area contributed by atoms with Crippen molar-refractivity contribution in [3.63, 3.8) is 0 Å². The van der Waals surface area contributed by atoms with Crippen LogP contribution in [0, 0.1) is 6.92 Å². The number of anilines is 1. The first-order valence-corrected chi connectivity index (χ1v) is 7.20. The minimum absolute atomic E-state index is 0.0628. The first-order chi connectivity index (χ1) is 8.99. The van der Waals surface area contributed by atoms with Crippen molar-refractivity contribution in [3.05, 3.63) is 58.2 Å². The van der Waals surface area contributed by atoms with Gasteiger partial charge in [-0.3, -0.25) is 0 Å². The van der Waals surface area contributed by atoms with Crippen LogP contribution in [0.5, 0.6) is 0 Å². The average molecular weight is 319 g/mol. The van der Waals surface area contributed by atoms with Crippen LogP contribution < -0.4 is 5.32 Å². The van der Waals surface area contributed by atoms with E-state index in [1.807, 2.05) is 19.2 Å². The van der Waals surface area contributed by atoms with Crippen molar-refractivity contribution in [1.82, 2.24) is 4.98 Å². The Hall–Kier alpha value is -1.35. The Bertz CT molecular complexity index is 550. The van der Waals surface area contributed by atoms with Crippen LogP contribution in [-0.4, -0.2) is 11.5 Å². The lowest BCUT2D eigenvalue weighted by atomic mass is 9.84. The monoisotopic (exact) mass is 318 g/mol. The molecule has 0 unspecified atom stereocenters. The van der Waals surface area contributed by atoms with Gasteiger partial charge in [0.15, 0.2) is 0 Å². The molecule has 0 aliphatic heterocycles. The van der Waals surface area contributed by atoms with Crippen molar-refractivity contribution in [2.45, 2.75) is 26.2 Å². The van der Waals surface area contributed by atoms with Crippen LogP contribution in [0.15, 0.2) is 47.1 Å². The molecule has 0 spiro atoms. The molecule has 1 aromatic heterocycles. The molecule has 0 saturated carbocycles. The summed E-state index contributed by atoms with van der Waals surface area (Å²) >= 11 is 3.55. The Morgan fingerprint density at radius 2 is 1.89 bits per heavy atom. The van der Waals surface area contributed by atoms with Crippen LogP contribution in [0.4, 0.5) is 5.82 Å². The lowest BCUT2D eigenvalue weighted by Gasteiger charge is -2.26. The molecule has 2 rings (SSSR count). The summed E-state index contributed by atoms with van der Waals surface area (Å²) in [6.45, 7) is 7.34. The van der Waals surface area contributed by atoms with Crippen LogP contribution in [0.25, 0.3) is 0 Å². The van der Waals surface area contributed by atoms with E-state index in [9.17, 15) is 0 Å². The number of rotatable bonds is 4. The zero-order chi connectivity index (χ0) is 13.9. The van der Waals surface area contributed by atoms with Gasteiger partial charge in [0, 0.05) is 18.2 Å². The first kappa shape index (κ1) is 14.1. The summed E-state index contributed by atoms with van der Waals surface area (Å²) in [5, 5.41) is 3.42. The van der Waals surface area contributed by atoms with Crippen molar-refractivity contribution in [3.8, 4) is 0 Å². The van der Waals surface area contributed by atoms with Crippen molar-refractivity contribution >= 4 is 21.7 Å². The summed E-state index contributed by atoms with van der Waals surface area (Å²) in [7, 11) is 0. The number of benzene rings is 1. The number of hydrogen-bond acceptors (Lipinski definition) is 2. The van der Waals surface area contributed by atoms with Crippen molar-refractivity contribution in [1.29, 1.82) is 0 Å². The van der Waals surface area contributed by atoms with Gasteiger partial charge in [-0.2, -0.15) is 0 Å². The number of aryl methyl sites for hydroxylation is 1. The van der Waals surface area contributed by atoms with Crippen LogP contribution in [0.1, 0.15) is 25.0 Å². The van der Waals surface area contributed by atoms with E-state index in [4.69, 9.17) is 0 Å². The van der Waals surface area contributed by atoms with Gasteiger partial charge in [0.25, 0.3) is 0 Å². The maximum Gasteiger partial charge on any atom is 0.140 e. The smallest absolute Gasteiger partial charge is 0.140 e. The average Bonchev–Trinajstić information content (AvgIpc) is 2.39. The Morgan fingerprint density at radius 1 is 1.21 bits per heavy atom. The van der Waals surface area contributed by atoms with E-state index in [1.165, 1.54) is 5.56 Å². The molecule has 3 heteroatoms. The number of halogens is 1. The zero-order valence-corrected chi connectivity index (χ0v) is 13.2. The highest BCUT2D eigenvalue weighted by Crippen LogP contribution is 2.25. The molecule has 0 radical (unpaired) electrons. The Balaban J connectivity index is 2.09. The summed E-state index contributed by atoms with van der Waals surface area (Å²) in [6.07, 6.45) is 1.88. The molecule has 0 atom stereocenters. The topological polar surface area (TPSA) is 24.9 Å². The number of nitrogens with zero attached hydrogens (tertiary/aromatic N) is 1. The van der Waals surface area contributed by atoms with E-state index >= 15 is 0 Å². The third kappa shape index (κ3) is 3.57. The van der Waals surface area contributed by atoms with Gasteiger partial charge < -0.3 is 5.32 Å². The van der Waals surface area contributed by atoms with Crippen LogP contribution >= 0.6 is 15.9 Å². The number of pyridine rings is 1. The Morgan fingerprint density at radius 3 is 2.53 bits per heavy atom. The van der Waals surface area contributed by atoms with E-state index in [-0.39, 0.29) is 5.41 Å². The molecule has 0 aliphatic rings. The summed E-state index contributed by atoms with van der Waals surface area (Å²) in [5.41, 5.74) is 2.54. The molecule has 0 fully saturated rings. The van der Waals surface area contributed by atoms with Crippen molar-refractivity contribution in [2.24, 2.45) is 0 Å². The van der Waals surface area contributed by atoms with Gasteiger partial charge >= 0.3 is 0 Å². The number of nitrogens with one attached hydrogen (secondary N) is 1. The molecule has 0 aliphatic carbocycles. The molecule has 19 heavy (non-hydrogen) atoms. The summed E-state index contributed by atoms with van der Waals surface area (Å²) in [4.78, 5) is 4.42. The third-order valence-corrected chi connectivity index (χ3v) is 3.84. The molecule has 0 amide bonds. The molecule has 2 nitrogen and oxygen atoms in total. The fourth-order valence-corrected chi connectivity index (χ4v) is 2.56. The van der Waals surface area contributed by atoms with Gasteiger partial charge in [-0.25, -0.2) is 4.98 Å². The van der Waals surface area contributed by atoms with Crippen molar-refractivity contribution < 1.29 is 0 Å². The molecule has 2 aromatic rings. The molecule has 1 aromatic carbocycles. The maximum atomic E-state index is 4.42. The second kappa shape index (κ2) is 5.74. The molecule has 0 saturated heterocycles. The predicted molar refractivity (Wildman–Crippen MR) is 84.6 cm³/mol. The molecular weight excluding hydrogens is 300 g/mol. The van der Waals surface area contributed by atoms with E-state index in [2.05, 4.69) is 70.4 Å². The van der Waals surface area contributed by atoms with Gasteiger partial charge in [-0.05, 0) is 40.0 Å². The zero-order valence-electron chi connectivity index (χ0n) is 11.6. The second-order valence-corrected chi connectivity index (χ2v) is 6.30. The number of hydrogen-bond donors (Lipinski definition) is 1. The number of aromatic nitrogens is 1. The fourth-order valence-electron chi connectivity index (χ4n) is 1.96. The quantitative estimate of drug-likeness (QED) is 0.895. The van der Waals surface area contributed by atoms with Crippen molar-refractivity contribution in [2.75, 3.05) is 11.9 Å². The highest BCUT2D eigenvalue weighted by molar-refractivity contribution is 9.10. The second-order valence-electron chi connectivity index (χ2n) is 5.45. The highest BCUT2D eigenvalue weighted by atomic mass is 79.9. The summed E-state index contributed by atoms with van der Waals surface area (Å²) in [6, 6.07) is 12.6. The van der Waals surface area contributed by atoms with E-state index in [0.717, 1.165) is 22.4 Å². The maximum absolute atomic E-state index is 4.42. The fraction of sp³-hybridized carbons (Fsp3) is 0.312. The summed E-state index contributed by atoms with van der Waals surface area (Å²) in [5.74, 6) is 0.898. The summed E-state index contributed by atoms with van der Waals surface area (Å²) < 4.78 is 1.01. The normalized spacial score (nSPS) is 11.4. The standard InChI is InChI=1S/C16H19BrN2/c1-12-9-14(17)15(18-10-12)19-11-16(2,3)13-7-5-4-6-8-13/h4-10H,11H2,1-3H3,(H,18,19). The first-order valence-electron chi connectivity index (χ1n) is 6.40. The molecule has 100 valence electrons. The van der Waals surface area contributed by atoms with Crippen LogP contribution in [0.3, 0.4) is 0 Å². The predicted octanol–water partition coefficient (Wildman–Crippen LogP) is 4.54. The lowest BCUT2D eigenvalue weighted by molar-refractivity contribution is 0.556. The van der Waals surface area contributed by atoms with Gasteiger partial charge in [0.05, 0.1) is 4.47 Å². The minimum Gasteiger partial charge on any atom is -0.368 e. The third-order valence-electron chi connectivity index (χ3n) is 3.23. The van der Waals surface area contributed by atoms with E-state index < -0.39 is 0 Å². The van der Waals surface area contributed by atoms with Crippen LogP contribution in [0.2, 0.25) is 0 Å². The van der Waals surface area contributed by atoms with Gasteiger partial charge in [0.2, 0.25) is 0 Å². The minimum atomic E-state index is 0.0628. The molecule has 1 N–H and O–H groups in total. The van der Waals surface area contributed by atoms with E-state index in [0.29, 0.717) is 0 Å². The SMILES string of the molecule is Cc1cnc(NCC(C)(C)c2ccccc2)c(Br)c1. The molecule has 0 bridgehead atoms. The highest BCUT2D eigenvalue weighted by Gasteiger charge is 2.20.